The zero-order chi connectivity index (χ0) is 21.8. The quantitative estimate of drug-likeness (QED) is 0.395. The second kappa shape index (κ2) is 8.83. The lowest BCUT2D eigenvalue weighted by atomic mass is 10.2. The third-order valence-electron chi connectivity index (χ3n) is 4.81. The van der Waals surface area contributed by atoms with Gasteiger partial charge in [-0.05, 0) is 48.9 Å². The van der Waals surface area contributed by atoms with Crippen LogP contribution >= 0.6 is 0 Å². The molecule has 0 unspecified atom stereocenters. The van der Waals surface area contributed by atoms with Gasteiger partial charge in [-0.15, -0.1) is 0 Å². The van der Waals surface area contributed by atoms with Crippen molar-refractivity contribution in [3.63, 3.8) is 0 Å². The van der Waals surface area contributed by atoms with Crippen molar-refractivity contribution in [1.29, 1.82) is 0 Å². The zero-order valence-corrected chi connectivity index (χ0v) is 17.5. The Morgan fingerprint density at radius 2 is 1.52 bits per heavy atom. The van der Waals surface area contributed by atoms with Gasteiger partial charge in [-0.2, -0.15) is 0 Å². The Balaban J connectivity index is 1.57. The molecule has 0 N–H and O–H groups in total. The fraction of sp³-hybridized carbons (Fsp3) is 0.160. The van der Waals surface area contributed by atoms with E-state index in [4.69, 9.17) is 23.4 Å². The van der Waals surface area contributed by atoms with E-state index in [2.05, 4.69) is 0 Å². The van der Waals surface area contributed by atoms with Gasteiger partial charge in [0.05, 0.1) is 19.6 Å². The standard InChI is InChI=1S/C25H22O6/c1-16-25(31-21-6-4-5-19(13-21)28-3)24(26)22-12-11-20(14-23(22)30-16)29-15-17-7-9-18(27-2)10-8-17/h4-14H,15H2,1-3H3. The van der Waals surface area contributed by atoms with Gasteiger partial charge in [0.15, 0.2) is 0 Å². The number of ether oxygens (including phenoxy) is 4. The van der Waals surface area contributed by atoms with Crippen LogP contribution in [0, 0.1) is 6.92 Å². The Hall–Kier alpha value is -3.93. The number of aryl methyl sites for hydroxylation is 1. The Bertz CT molecular complexity index is 1260. The largest absolute Gasteiger partial charge is 0.497 e. The molecule has 0 aliphatic carbocycles. The molecule has 4 rings (SSSR count). The van der Waals surface area contributed by atoms with Crippen molar-refractivity contribution in [3.05, 3.63) is 88.3 Å². The first kappa shape index (κ1) is 20.3. The first-order valence-corrected chi connectivity index (χ1v) is 9.72. The number of hydrogen-bond acceptors (Lipinski definition) is 6. The fourth-order valence-corrected chi connectivity index (χ4v) is 3.15. The second-order valence-corrected chi connectivity index (χ2v) is 6.89. The maximum Gasteiger partial charge on any atom is 0.235 e. The van der Waals surface area contributed by atoms with Crippen LogP contribution in [0.2, 0.25) is 0 Å². The molecule has 6 heteroatoms. The molecule has 1 aromatic heterocycles. The molecule has 6 nitrogen and oxygen atoms in total. The smallest absolute Gasteiger partial charge is 0.235 e. The summed E-state index contributed by atoms with van der Waals surface area (Å²) in [5.41, 5.74) is 1.19. The van der Waals surface area contributed by atoms with Crippen LogP contribution in [0.5, 0.6) is 28.7 Å². The van der Waals surface area contributed by atoms with E-state index < -0.39 is 0 Å². The third-order valence-corrected chi connectivity index (χ3v) is 4.81. The molecular weight excluding hydrogens is 396 g/mol. The summed E-state index contributed by atoms with van der Waals surface area (Å²) in [6, 6.07) is 19.8. The van der Waals surface area contributed by atoms with Crippen LogP contribution in [0.4, 0.5) is 0 Å². The molecule has 0 saturated heterocycles. The van der Waals surface area contributed by atoms with E-state index >= 15 is 0 Å². The SMILES string of the molecule is COc1ccc(COc2ccc3c(=O)c(Oc4cccc(OC)c4)c(C)oc3c2)cc1. The highest BCUT2D eigenvalue weighted by Crippen LogP contribution is 2.29. The molecule has 0 aliphatic heterocycles. The minimum absolute atomic E-state index is 0.146. The summed E-state index contributed by atoms with van der Waals surface area (Å²) in [7, 11) is 3.20. The molecule has 0 aliphatic rings. The summed E-state index contributed by atoms with van der Waals surface area (Å²) in [4.78, 5) is 13.0. The highest BCUT2D eigenvalue weighted by molar-refractivity contribution is 5.79. The van der Waals surface area contributed by atoms with Crippen LogP contribution < -0.4 is 24.4 Å². The average molecular weight is 418 g/mol. The van der Waals surface area contributed by atoms with E-state index in [1.54, 1.807) is 63.6 Å². The molecule has 4 aromatic rings. The predicted octanol–water partition coefficient (Wildman–Crippen LogP) is 5.49. The fourth-order valence-electron chi connectivity index (χ4n) is 3.15. The molecule has 0 fully saturated rings. The summed E-state index contributed by atoms with van der Waals surface area (Å²) in [6.07, 6.45) is 0. The second-order valence-electron chi connectivity index (χ2n) is 6.89. The summed E-state index contributed by atoms with van der Waals surface area (Å²) in [5, 5.41) is 0.417. The zero-order valence-electron chi connectivity index (χ0n) is 17.5. The molecule has 158 valence electrons. The normalized spacial score (nSPS) is 10.7. The number of hydrogen-bond donors (Lipinski definition) is 0. The van der Waals surface area contributed by atoms with Crippen molar-refractivity contribution < 1.29 is 23.4 Å². The topological polar surface area (TPSA) is 67.1 Å². The first-order chi connectivity index (χ1) is 15.1. The van der Waals surface area contributed by atoms with Crippen molar-refractivity contribution in [2.24, 2.45) is 0 Å². The minimum Gasteiger partial charge on any atom is -0.497 e. The van der Waals surface area contributed by atoms with Crippen LogP contribution in [0.15, 0.2) is 75.9 Å². The van der Waals surface area contributed by atoms with E-state index in [-0.39, 0.29) is 11.2 Å². The molecule has 1 heterocycles. The van der Waals surface area contributed by atoms with Gasteiger partial charge in [0, 0.05) is 12.1 Å². The molecule has 3 aromatic carbocycles. The van der Waals surface area contributed by atoms with E-state index in [9.17, 15) is 4.79 Å². The number of rotatable bonds is 7. The van der Waals surface area contributed by atoms with E-state index in [1.807, 2.05) is 24.3 Å². The van der Waals surface area contributed by atoms with Gasteiger partial charge in [0.1, 0.15) is 40.9 Å². The highest BCUT2D eigenvalue weighted by Gasteiger charge is 2.15. The van der Waals surface area contributed by atoms with E-state index in [0.717, 1.165) is 11.3 Å². The van der Waals surface area contributed by atoms with Crippen LogP contribution in [-0.4, -0.2) is 14.2 Å². The maximum atomic E-state index is 13.0. The molecule has 0 spiro atoms. The van der Waals surface area contributed by atoms with E-state index in [1.165, 1.54) is 0 Å². The summed E-state index contributed by atoms with van der Waals surface area (Å²) >= 11 is 0. The van der Waals surface area contributed by atoms with Gasteiger partial charge in [0.2, 0.25) is 11.2 Å². The Labute approximate surface area is 179 Å². The summed E-state index contributed by atoms with van der Waals surface area (Å²) in [5.74, 6) is 3.05. The van der Waals surface area contributed by atoms with Crippen LogP contribution in [0.1, 0.15) is 11.3 Å². The molecular formula is C25H22O6. The minimum atomic E-state index is -0.247. The molecule has 0 saturated carbocycles. The molecule has 0 bridgehead atoms. The Morgan fingerprint density at radius 1 is 0.806 bits per heavy atom. The molecule has 0 amide bonds. The van der Waals surface area contributed by atoms with E-state index in [0.29, 0.717) is 40.6 Å². The van der Waals surface area contributed by atoms with Gasteiger partial charge in [-0.3, -0.25) is 4.79 Å². The first-order valence-electron chi connectivity index (χ1n) is 9.72. The highest BCUT2D eigenvalue weighted by atomic mass is 16.5. The number of fused-ring (bicyclic) bond motifs is 1. The lowest BCUT2D eigenvalue weighted by Crippen LogP contribution is -2.07. The maximum absolute atomic E-state index is 13.0. The van der Waals surface area contributed by atoms with Crippen LogP contribution in [0.3, 0.4) is 0 Å². The van der Waals surface area contributed by atoms with Gasteiger partial charge >= 0.3 is 0 Å². The van der Waals surface area contributed by atoms with Gasteiger partial charge < -0.3 is 23.4 Å². The number of benzene rings is 3. The Morgan fingerprint density at radius 3 is 2.26 bits per heavy atom. The monoisotopic (exact) mass is 418 g/mol. The summed E-state index contributed by atoms with van der Waals surface area (Å²) < 4.78 is 27.9. The molecule has 0 atom stereocenters. The van der Waals surface area contributed by atoms with Crippen LogP contribution in [0.25, 0.3) is 11.0 Å². The molecule has 0 radical (unpaired) electrons. The van der Waals surface area contributed by atoms with Crippen molar-refractivity contribution in [3.8, 4) is 28.7 Å². The van der Waals surface area contributed by atoms with Crippen molar-refractivity contribution in [2.75, 3.05) is 14.2 Å². The average Bonchev–Trinajstić information content (AvgIpc) is 2.80. The van der Waals surface area contributed by atoms with Gasteiger partial charge in [-0.1, -0.05) is 18.2 Å². The van der Waals surface area contributed by atoms with Gasteiger partial charge in [-0.25, -0.2) is 0 Å². The van der Waals surface area contributed by atoms with Crippen molar-refractivity contribution in [1.82, 2.24) is 0 Å². The predicted molar refractivity (Wildman–Crippen MR) is 118 cm³/mol. The van der Waals surface area contributed by atoms with Crippen molar-refractivity contribution in [2.45, 2.75) is 13.5 Å². The van der Waals surface area contributed by atoms with Gasteiger partial charge in [0.25, 0.3) is 0 Å². The van der Waals surface area contributed by atoms with Crippen LogP contribution in [-0.2, 0) is 6.61 Å². The Kier molecular flexibility index (Phi) is 5.80. The lowest BCUT2D eigenvalue weighted by Gasteiger charge is -2.11. The third kappa shape index (κ3) is 4.48. The lowest BCUT2D eigenvalue weighted by molar-refractivity contribution is 0.306. The molecule has 31 heavy (non-hydrogen) atoms. The summed E-state index contributed by atoms with van der Waals surface area (Å²) in [6.45, 7) is 2.08. The van der Waals surface area contributed by atoms with Crippen molar-refractivity contribution >= 4 is 11.0 Å². The number of methoxy groups -OCH3 is 2.